The van der Waals surface area contributed by atoms with Crippen molar-refractivity contribution in [2.75, 3.05) is 19.8 Å². The first-order chi connectivity index (χ1) is 7.72. The minimum atomic E-state index is -0.515. The molecule has 0 bridgehead atoms. The minimum Gasteiger partial charge on any atom is -0.508 e. The average molecular weight is 223 g/mol. The summed E-state index contributed by atoms with van der Waals surface area (Å²) < 4.78 is 5.50. The maximum atomic E-state index is 9.55. The van der Waals surface area contributed by atoms with Gasteiger partial charge in [-0.25, -0.2) is 0 Å². The van der Waals surface area contributed by atoms with Crippen molar-refractivity contribution in [2.45, 2.75) is 18.9 Å². The Hall–Kier alpha value is -1.26. The highest BCUT2D eigenvalue weighted by Gasteiger charge is 2.39. The zero-order valence-electron chi connectivity index (χ0n) is 9.36. The number of phenols is 1. The number of hydrogen-bond acceptors (Lipinski definition) is 4. The number of ether oxygens (including phenoxy) is 1. The fourth-order valence-corrected chi connectivity index (χ4v) is 2.00. The van der Waals surface area contributed by atoms with Gasteiger partial charge in [0, 0.05) is 11.6 Å². The first-order valence-electron chi connectivity index (χ1n) is 5.54. The van der Waals surface area contributed by atoms with Gasteiger partial charge in [-0.15, -0.1) is 0 Å². The van der Waals surface area contributed by atoms with Gasteiger partial charge in [0.25, 0.3) is 0 Å². The number of benzene rings is 1. The van der Waals surface area contributed by atoms with E-state index < -0.39 is 5.54 Å². The topological polar surface area (TPSA) is 61.7 Å². The van der Waals surface area contributed by atoms with Crippen molar-refractivity contribution in [3.63, 3.8) is 0 Å². The van der Waals surface area contributed by atoms with E-state index >= 15 is 0 Å². The van der Waals surface area contributed by atoms with Crippen LogP contribution in [0.2, 0.25) is 0 Å². The largest absolute Gasteiger partial charge is 0.508 e. The molecule has 0 saturated heterocycles. The number of aliphatic hydroxyl groups is 1. The van der Waals surface area contributed by atoms with Gasteiger partial charge in [-0.2, -0.15) is 0 Å². The Balaban J connectivity index is 2.32. The van der Waals surface area contributed by atoms with Crippen LogP contribution in [-0.2, 0) is 5.54 Å². The smallest absolute Gasteiger partial charge is 0.128 e. The Morgan fingerprint density at radius 2 is 2.31 bits per heavy atom. The molecule has 1 heterocycles. The maximum Gasteiger partial charge on any atom is 0.128 e. The van der Waals surface area contributed by atoms with Crippen LogP contribution in [0.3, 0.4) is 0 Å². The molecule has 88 valence electrons. The lowest BCUT2D eigenvalue weighted by Gasteiger charge is -2.26. The first-order valence-corrected chi connectivity index (χ1v) is 5.54. The molecule has 1 aliphatic rings. The second kappa shape index (κ2) is 4.31. The molecule has 0 spiro atoms. The summed E-state index contributed by atoms with van der Waals surface area (Å²) in [5.41, 5.74) is 0.403. The molecular weight excluding hydrogens is 206 g/mol. The summed E-state index contributed by atoms with van der Waals surface area (Å²) >= 11 is 0. The van der Waals surface area contributed by atoms with Crippen molar-refractivity contribution in [1.29, 1.82) is 0 Å². The highest BCUT2D eigenvalue weighted by molar-refractivity contribution is 5.47. The molecule has 4 nitrogen and oxygen atoms in total. The van der Waals surface area contributed by atoms with Crippen molar-refractivity contribution >= 4 is 0 Å². The molecule has 0 fully saturated rings. The molecule has 0 aliphatic carbocycles. The molecule has 1 aromatic carbocycles. The second-order valence-electron chi connectivity index (χ2n) is 4.14. The summed E-state index contributed by atoms with van der Waals surface area (Å²) in [6.45, 7) is 3.29. The molecule has 1 aromatic rings. The molecule has 0 amide bonds. The highest BCUT2D eigenvalue weighted by atomic mass is 16.5. The third-order valence-electron chi connectivity index (χ3n) is 2.94. The lowest BCUT2D eigenvalue weighted by atomic mass is 9.92. The summed E-state index contributed by atoms with van der Waals surface area (Å²) in [6, 6.07) is 5.00. The predicted molar refractivity (Wildman–Crippen MR) is 60.7 cm³/mol. The van der Waals surface area contributed by atoms with Crippen LogP contribution in [0.5, 0.6) is 11.5 Å². The van der Waals surface area contributed by atoms with E-state index in [9.17, 15) is 10.2 Å². The van der Waals surface area contributed by atoms with Gasteiger partial charge in [0.15, 0.2) is 0 Å². The third-order valence-corrected chi connectivity index (χ3v) is 2.94. The molecule has 16 heavy (non-hydrogen) atoms. The van der Waals surface area contributed by atoms with E-state index in [-0.39, 0.29) is 12.4 Å². The van der Waals surface area contributed by atoms with Crippen molar-refractivity contribution in [1.82, 2.24) is 5.32 Å². The molecule has 3 N–H and O–H groups in total. The monoisotopic (exact) mass is 223 g/mol. The van der Waals surface area contributed by atoms with E-state index in [0.717, 1.165) is 18.5 Å². The van der Waals surface area contributed by atoms with Crippen LogP contribution in [0.15, 0.2) is 18.2 Å². The van der Waals surface area contributed by atoms with Gasteiger partial charge in [0.1, 0.15) is 23.6 Å². The molecule has 0 aromatic heterocycles. The van der Waals surface area contributed by atoms with Gasteiger partial charge in [-0.05, 0) is 25.1 Å². The first kappa shape index (κ1) is 11.2. The van der Waals surface area contributed by atoms with Gasteiger partial charge in [0.05, 0.1) is 6.61 Å². The van der Waals surface area contributed by atoms with Crippen molar-refractivity contribution in [3.8, 4) is 11.5 Å². The Labute approximate surface area is 94.9 Å². The van der Waals surface area contributed by atoms with Crippen LogP contribution in [-0.4, -0.2) is 30.0 Å². The van der Waals surface area contributed by atoms with Crippen LogP contribution >= 0.6 is 0 Å². The molecular formula is C12H17NO3. The fourth-order valence-electron chi connectivity index (χ4n) is 2.00. The number of aromatic hydroxyl groups is 1. The van der Waals surface area contributed by atoms with Crippen LogP contribution in [0, 0.1) is 0 Å². The van der Waals surface area contributed by atoms with Crippen LogP contribution in [0.1, 0.15) is 18.9 Å². The Morgan fingerprint density at radius 3 is 3.00 bits per heavy atom. The normalized spacial score (nSPS) is 22.9. The summed E-state index contributed by atoms with van der Waals surface area (Å²) in [5, 5.41) is 22.2. The van der Waals surface area contributed by atoms with E-state index in [1.165, 1.54) is 0 Å². The quantitative estimate of drug-likeness (QED) is 0.712. The minimum absolute atomic E-state index is 0.00915. The summed E-state index contributed by atoms with van der Waals surface area (Å²) in [4.78, 5) is 0. The van der Waals surface area contributed by atoms with E-state index in [1.807, 2.05) is 0 Å². The number of rotatable bonds is 4. The van der Waals surface area contributed by atoms with Gasteiger partial charge in [-0.3, -0.25) is 0 Å². The Morgan fingerprint density at radius 1 is 1.50 bits per heavy atom. The number of hydrogen-bond donors (Lipinski definition) is 3. The Bertz CT molecular complexity index is 381. The molecule has 4 heteroatoms. The van der Waals surface area contributed by atoms with E-state index in [4.69, 9.17) is 4.74 Å². The maximum absolute atomic E-state index is 9.55. The average Bonchev–Trinajstić information content (AvgIpc) is 2.65. The third kappa shape index (κ3) is 1.74. The molecule has 1 unspecified atom stereocenters. The number of aliphatic hydroxyl groups excluding tert-OH is 1. The standard InChI is InChI=1S/C12H17NO3/c1-2-5-13-12(7-14)8-16-11-6-9(15)3-4-10(11)12/h3-4,6,13-15H,2,5,7-8H2,1H3. The van der Waals surface area contributed by atoms with Crippen molar-refractivity contribution in [2.24, 2.45) is 0 Å². The fraction of sp³-hybridized carbons (Fsp3) is 0.500. The predicted octanol–water partition coefficient (Wildman–Crippen LogP) is 0.972. The lowest BCUT2D eigenvalue weighted by molar-refractivity contribution is 0.130. The van der Waals surface area contributed by atoms with Crippen molar-refractivity contribution in [3.05, 3.63) is 23.8 Å². The molecule has 2 rings (SSSR count). The number of fused-ring (bicyclic) bond motifs is 1. The van der Waals surface area contributed by atoms with Crippen molar-refractivity contribution < 1.29 is 14.9 Å². The number of nitrogens with one attached hydrogen (secondary N) is 1. The summed E-state index contributed by atoms with van der Waals surface area (Å²) in [5.74, 6) is 0.834. The molecule has 0 saturated carbocycles. The van der Waals surface area contributed by atoms with Crippen LogP contribution in [0.25, 0.3) is 0 Å². The zero-order chi connectivity index (χ0) is 11.6. The zero-order valence-corrected chi connectivity index (χ0v) is 9.36. The van der Waals surface area contributed by atoms with Crippen LogP contribution in [0.4, 0.5) is 0 Å². The summed E-state index contributed by atoms with van der Waals surface area (Å²) in [7, 11) is 0. The van der Waals surface area contributed by atoms with E-state index in [1.54, 1.807) is 18.2 Å². The van der Waals surface area contributed by atoms with Crippen LogP contribution < -0.4 is 10.1 Å². The van der Waals surface area contributed by atoms with Gasteiger partial charge < -0.3 is 20.3 Å². The van der Waals surface area contributed by atoms with Gasteiger partial charge >= 0.3 is 0 Å². The molecule has 1 atom stereocenters. The SMILES string of the molecule is CCCNC1(CO)COc2cc(O)ccc21. The van der Waals surface area contributed by atoms with E-state index in [2.05, 4.69) is 12.2 Å². The lowest BCUT2D eigenvalue weighted by Crippen LogP contribution is -2.47. The number of phenolic OH excluding ortho intramolecular Hbond substituents is 1. The van der Waals surface area contributed by atoms with Gasteiger partial charge in [-0.1, -0.05) is 6.92 Å². The summed E-state index contributed by atoms with van der Waals surface area (Å²) in [6.07, 6.45) is 0.995. The molecule has 1 aliphatic heterocycles. The highest BCUT2D eigenvalue weighted by Crippen LogP contribution is 2.38. The van der Waals surface area contributed by atoms with E-state index in [0.29, 0.717) is 12.4 Å². The second-order valence-corrected chi connectivity index (χ2v) is 4.14. The van der Waals surface area contributed by atoms with Gasteiger partial charge in [0.2, 0.25) is 0 Å². The molecule has 0 radical (unpaired) electrons. The Kier molecular flexibility index (Phi) is 3.03.